The monoisotopic (exact) mass is 246 g/mol. The Hall–Kier alpha value is -1.33. The molecular formula is C10H12ClFN2O2. The van der Waals surface area contributed by atoms with Gasteiger partial charge in [-0.2, -0.15) is 0 Å². The second-order valence-corrected chi connectivity index (χ2v) is 3.62. The van der Waals surface area contributed by atoms with Crippen molar-refractivity contribution in [2.45, 2.75) is 6.04 Å². The van der Waals surface area contributed by atoms with Gasteiger partial charge in [-0.15, -0.1) is 0 Å². The van der Waals surface area contributed by atoms with E-state index >= 15 is 0 Å². The molecule has 1 aromatic rings. The van der Waals surface area contributed by atoms with Crippen molar-refractivity contribution in [1.82, 2.24) is 5.32 Å². The summed E-state index contributed by atoms with van der Waals surface area (Å²) in [7, 11) is 1.52. The molecule has 0 bridgehead atoms. The highest BCUT2D eigenvalue weighted by atomic mass is 35.5. The molecule has 0 aliphatic heterocycles. The Morgan fingerprint density at radius 3 is 2.88 bits per heavy atom. The molecule has 0 amide bonds. The number of hydrogen-bond acceptors (Lipinski definition) is 3. The summed E-state index contributed by atoms with van der Waals surface area (Å²) in [5.41, 5.74) is 0.189. The number of nitrogens with one attached hydrogen (secondary N) is 2. The third-order valence-electron chi connectivity index (χ3n) is 2.07. The van der Waals surface area contributed by atoms with Crippen LogP contribution < -0.4 is 10.6 Å². The third-order valence-corrected chi connectivity index (χ3v) is 2.31. The Morgan fingerprint density at radius 2 is 2.31 bits per heavy atom. The lowest BCUT2D eigenvalue weighted by Crippen LogP contribution is -2.39. The lowest BCUT2D eigenvalue weighted by molar-refractivity contribution is -0.138. The van der Waals surface area contributed by atoms with E-state index < -0.39 is 17.8 Å². The van der Waals surface area contributed by atoms with E-state index in [1.54, 1.807) is 0 Å². The van der Waals surface area contributed by atoms with E-state index in [9.17, 15) is 9.18 Å². The maximum absolute atomic E-state index is 13.2. The van der Waals surface area contributed by atoms with Gasteiger partial charge in [0.1, 0.15) is 11.9 Å². The number of aliphatic carboxylic acids is 1. The first-order chi connectivity index (χ1) is 7.54. The average molecular weight is 247 g/mol. The fourth-order valence-corrected chi connectivity index (χ4v) is 1.33. The van der Waals surface area contributed by atoms with Crippen LogP contribution in [0.15, 0.2) is 18.2 Å². The molecule has 4 nitrogen and oxygen atoms in total. The van der Waals surface area contributed by atoms with Gasteiger partial charge in [0.25, 0.3) is 0 Å². The standard InChI is InChI=1S/C10H12ClFN2O2/c1-13-9(10(15)16)5-14-8-4-6(11)2-3-7(8)12/h2-4,9,13-14H,5H2,1H3,(H,15,16). The summed E-state index contributed by atoms with van der Waals surface area (Å²) in [6.45, 7) is 0.0725. The molecule has 0 fully saturated rings. The molecule has 1 atom stereocenters. The van der Waals surface area contributed by atoms with Crippen molar-refractivity contribution in [3.8, 4) is 0 Å². The fraction of sp³-hybridized carbons (Fsp3) is 0.300. The molecule has 0 radical (unpaired) electrons. The average Bonchev–Trinajstić information content (AvgIpc) is 2.23. The number of benzene rings is 1. The zero-order valence-corrected chi connectivity index (χ0v) is 9.38. The molecule has 16 heavy (non-hydrogen) atoms. The molecule has 0 aromatic heterocycles. The van der Waals surface area contributed by atoms with Crippen LogP contribution in [0.3, 0.4) is 0 Å². The molecule has 0 spiro atoms. The van der Waals surface area contributed by atoms with Gasteiger partial charge in [-0.1, -0.05) is 11.6 Å². The summed E-state index contributed by atoms with van der Waals surface area (Å²) in [5, 5.41) is 14.4. The van der Waals surface area contributed by atoms with Gasteiger partial charge < -0.3 is 15.7 Å². The van der Waals surface area contributed by atoms with Gasteiger partial charge >= 0.3 is 5.97 Å². The smallest absolute Gasteiger partial charge is 0.322 e. The van der Waals surface area contributed by atoms with E-state index in [1.165, 1.54) is 25.2 Å². The third kappa shape index (κ3) is 3.36. The number of likely N-dealkylation sites (N-methyl/N-ethyl adjacent to an activating group) is 1. The molecule has 0 saturated carbocycles. The van der Waals surface area contributed by atoms with Crippen LogP contribution in [-0.4, -0.2) is 30.7 Å². The van der Waals surface area contributed by atoms with Crippen LogP contribution in [-0.2, 0) is 4.79 Å². The Morgan fingerprint density at radius 1 is 1.62 bits per heavy atom. The zero-order valence-electron chi connectivity index (χ0n) is 8.63. The lowest BCUT2D eigenvalue weighted by atomic mass is 10.2. The van der Waals surface area contributed by atoms with Crippen LogP contribution >= 0.6 is 11.6 Å². The largest absolute Gasteiger partial charge is 0.480 e. The van der Waals surface area contributed by atoms with E-state index in [-0.39, 0.29) is 12.2 Å². The molecule has 6 heteroatoms. The van der Waals surface area contributed by atoms with Gasteiger partial charge in [0.05, 0.1) is 5.69 Å². The van der Waals surface area contributed by atoms with Crippen LogP contribution in [0, 0.1) is 5.82 Å². The molecule has 0 saturated heterocycles. The van der Waals surface area contributed by atoms with Crippen LogP contribution in [0.1, 0.15) is 0 Å². The molecule has 1 aromatic carbocycles. The molecule has 88 valence electrons. The van der Waals surface area contributed by atoms with Crippen LogP contribution in [0.2, 0.25) is 5.02 Å². The minimum absolute atomic E-state index is 0.0725. The first-order valence-electron chi connectivity index (χ1n) is 4.63. The van der Waals surface area contributed by atoms with Crippen molar-refractivity contribution in [3.05, 3.63) is 29.0 Å². The van der Waals surface area contributed by atoms with Crippen molar-refractivity contribution in [3.63, 3.8) is 0 Å². The van der Waals surface area contributed by atoms with Crippen molar-refractivity contribution >= 4 is 23.3 Å². The van der Waals surface area contributed by atoms with Gasteiger partial charge in [0, 0.05) is 11.6 Å². The minimum Gasteiger partial charge on any atom is -0.480 e. The van der Waals surface area contributed by atoms with Crippen molar-refractivity contribution in [2.75, 3.05) is 18.9 Å². The lowest BCUT2D eigenvalue weighted by Gasteiger charge is -2.13. The molecule has 1 rings (SSSR count). The van der Waals surface area contributed by atoms with Gasteiger partial charge in [-0.25, -0.2) is 4.39 Å². The van der Waals surface area contributed by atoms with E-state index in [0.29, 0.717) is 5.02 Å². The van der Waals surface area contributed by atoms with Crippen molar-refractivity contribution in [2.24, 2.45) is 0 Å². The number of carboxylic acids is 1. The molecule has 3 N–H and O–H groups in total. The second-order valence-electron chi connectivity index (χ2n) is 3.18. The molecule has 0 aliphatic carbocycles. The molecular weight excluding hydrogens is 235 g/mol. The maximum atomic E-state index is 13.2. The highest BCUT2D eigenvalue weighted by Gasteiger charge is 2.14. The van der Waals surface area contributed by atoms with Crippen molar-refractivity contribution < 1.29 is 14.3 Å². The maximum Gasteiger partial charge on any atom is 0.322 e. The van der Waals surface area contributed by atoms with E-state index in [2.05, 4.69) is 10.6 Å². The van der Waals surface area contributed by atoms with Gasteiger partial charge in [-0.05, 0) is 25.2 Å². The number of carboxylic acid groups (broad SMARTS) is 1. The normalized spacial score (nSPS) is 12.2. The summed E-state index contributed by atoms with van der Waals surface area (Å²) in [5.74, 6) is -1.47. The molecule has 0 aliphatic rings. The van der Waals surface area contributed by atoms with Gasteiger partial charge in [0.2, 0.25) is 0 Å². The summed E-state index contributed by atoms with van der Waals surface area (Å²) >= 11 is 5.69. The van der Waals surface area contributed by atoms with Crippen molar-refractivity contribution in [1.29, 1.82) is 0 Å². The zero-order chi connectivity index (χ0) is 12.1. The highest BCUT2D eigenvalue weighted by Crippen LogP contribution is 2.19. The Kier molecular flexibility index (Phi) is 4.52. The van der Waals surface area contributed by atoms with Crippen LogP contribution in [0.25, 0.3) is 0 Å². The van der Waals surface area contributed by atoms with Crippen LogP contribution in [0.4, 0.5) is 10.1 Å². The minimum atomic E-state index is -1.00. The van der Waals surface area contributed by atoms with Crippen LogP contribution in [0.5, 0.6) is 0 Å². The quantitative estimate of drug-likeness (QED) is 0.738. The van der Waals surface area contributed by atoms with Gasteiger partial charge in [-0.3, -0.25) is 4.79 Å². The number of anilines is 1. The Bertz CT molecular complexity index is 387. The Balaban J connectivity index is 2.66. The van der Waals surface area contributed by atoms with Gasteiger partial charge in [0.15, 0.2) is 0 Å². The first-order valence-corrected chi connectivity index (χ1v) is 5.01. The topological polar surface area (TPSA) is 61.4 Å². The predicted molar refractivity (Wildman–Crippen MR) is 60.4 cm³/mol. The number of rotatable bonds is 5. The summed E-state index contributed by atoms with van der Waals surface area (Å²) in [6.07, 6.45) is 0. The van der Waals surface area contributed by atoms with E-state index in [0.717, 1.165) is 0 Å². The van der Waals surface area contributed by atoms with E-state index in [4.69, 9.17) is 16.7 Å². The number of hydrogen-bond donors (Lipinski definition) is 3. The molecule has 0 heterocycles. The Labute approximate surface area is 97.4 Å². The second kappa shape index (κ2) is 5.67. The highest BCUT2D eigenvalue weighted by molar-refractivity contribution is 6.30. The first kappa shape index (κ1) is 12.7. The fourth-order valence-electron chi connectivity index (χ4n) is 1.16. The summed E-state index contributed by atoms with van der Waals surface area (Å²) in [6, 6.07) is 3.28. The number of halogens is 2. The SMILES string of the molecule is CNC(CNc1cc(Cl)ccc1F)C(=O)O. The summed E-state index contributed by atoms with van der Waals surface area (Å²) in [4.78, 5) is 10.7. The van der Waals surface area contributed by atoms with E-state index in [1.807, 2.05) is 0 Å². The predicted octanol–water partition coefficient (Wildman–Crippen LogP) is 1.56. The molecule has 1 unspecified atom stereocenters. The summed E-state index contributed by atoms with van der Waals surface area (Å²) < 4.78 is 13.2. The number of carbonyl (C=O) groups is 1.